The Hall–Kier alpha value is -3.85. The van der Waals surface area contributed by atoms with Crippen LogP contribution in [0, 0.1) is 6.92 Å². The Morgan fingerprint density at radius 2 is 1.71 bits per heavy atom. The van der Waals surface area contributed by atoms with Crippen LogP contribution in [0.2, 0.25) is 0 Å². The molecule has 0 bridgehead atoms. The van der Waals surface area contributed by atoms with E-state index in [-0.39, 0.29) is 17.3 Å². The molecule has 0 spiro atoms. The first kappa shape index (κ1) is 22.9. The highest BCUT2D eigenvalue weighted by atomic mass is 32.2. The number of carbonyl (C=O) groups is 2. The summed E-state index contributed by atoms with van der Waals surface area (Å²) in [6.07, 6.45) is 0.325. The minimum absolute atomic E-state index is 0.0888. The Morgan fingerprint density at radius 3 is 2.40 bits per heavy atom. The van der Waals surface area contributed by atoms with E-state index < -0.39 is 22.0 Å². The second-order valence-corrected chi connectivity index (χ2v) is 10.5. The van der Waals surface area contributed by atoms with E-state index in [0.717, 1.165) is 17.7 Å². The van der Waals surface area contributed by atoms with Gasteiger partial charge in [-0.2, -0.15) is 0 Å². The first-order valence-electron chi connectivity index (χ1n) is 11.4. The average molecular weight is 492 g/mol. The summed E-state index contributed by atoms with van der Waals surface area (Å²) in [5.41, 5.74) is 2.64. The van der Waals surface area contributed by atoms with Crippen LogP contribution in [0.4, 0.5) is 17.1 Å². The molecule has 1 saturated heterocycles. The van der Waals surface area contributed by atoms with Gasteiger partial charge in [0.25, 0.3) is 15.9 Å². The highest BCUT2D eigenvalue weighted by Crippen LogP contribution is 2.37. The lowest BCUT2D eigenvalue weighted by Gasteiger charge is -2.34. The normalized spacial score (nSPS) is 17.6. The highest BCUT2D eigenvalue weighted by Gasteiger charge is 2.37. The van der Waals surface area contributed by atoms with E-state index >= 15 is 0 Å². The number of ether oxygens (including phenoxy) is 1. The molecule has 3 aromatic rings. The van der Waals surface area contributed by atoms with Crippen molar-refractivity contribution in [1.29, 1.82) is 0 Å². The van der Waals surface area contributed by atoms with E-state index in [1.54, 1.807) is 77.7 Å². The predicted molar refractivity (Wildman–Crippen MR) is 133 cm³/mol. The monoisotopic (exact) mass is 491 g/mol. The fourth-order valence-corrected chi connectivity index (χ4v) is 5.75. The van der Waals surface area contributed by atoms with Gasteiger partial charge in [-0.1, -0.05) is 29.8 Å². The topological polar surface area (TPSA) is 96.0 Å². The Labute approximate surface area is 204 Å². The fourth-order valence-electron chi connectivity index (χ4n) is 4.27. The van der Waals surface area contributed by atoms with Crippen molar-refractivity contribution in [2.45, 2.75) is 30.8 Å². The first-order valence-corrected chi connectivity index (χ1v) is 12.8. The number of hydrogen-bond donors (Lipinski definition) is 1. The van der Waals surface area contributed by atoms with Crippen molar-refractivity contribution in [2.24, 2.45) is 0 Å². The molecule has 3 aromatic carbocycles. The summed E-state index contributed by atoms with van der Waals surface area (Å²) in [4.78, 5) is 26.9. The Balaban J connectivity index is 1.37. The maximum absolute atomic E-state index is 13.5. The number of nitrogens with one attached hydrogen (secondary N) is 1. The third kappa shape index (κ3) is 4.46. The minimum Gasteiger partial charge on any atom is -0.476 e. The van der Waals surface area contributed by atoms with E-state index in [4.69, 9.17) is 4.74 Å². The molecule has 9 heteroatoms. The van der Waals surface area contributed by atoms with Crippen LogP contribution in [-0.2, 0) is 19.6 Å². The van der Waals surface area contributed by atoms with E-state index in [1.807, 2.05) is 6.92 Å². The van der Waals surface area contributed by atoms with Crippen LogP contribution in [0.15, 0.2) is 77.7 Å². The van der Waals surface area contributed by atoms with Crippen molar-refractivity contribution in [3.63, 3.8) is 0 Å². The number of aryl methyl sites for hydroxylation is 1. The molecule has 0 aromatic heterocycles. The highest BCUT2D eigenvalue weighted by molar-refractivity contribution is 7.92. The second-order valence-electron chi connectivity index (χ2n) is 8.61. The molecule has 5 rings (SSSR count). The molecule has 2 aliphatic rings. The van der Waals surface area contributed by atoms with Crippen molar-refractivity contribution in [2.75, 3.05) is 27.6 Å². The maximum atomic E-state index is 13.5. The minimum atomic E-state index is -3.92. The summed E-state index contributed by atoms with van der Waals surface area (Å²) in [7, 11) is -3.92. The van der Waals surface area contributed by atoms with Gasteiger partial charge in [0, 0.05) is 24.3 Å². The number of sulfonamides is 1. The van der Waals surface area contributed by atoms with Crippen molar-refractivity contribution in [3.8, 4) is 5.75 Å². The quantitative estimate of drug-likeness (QED) is 0.587. The lowest BCUT2D eigenvalue weighted by Crippen LogP contribution is -2.48. The predicted octanol–water partition coefficient (Wildman–Crippen LogP) is 3.72. The number of hydrogen-bond acceptors (Lipinski definition) is 5. The molecule has 2 amide bonds. The third-order valence-corrected chi connectivity index (χ3v) is 7.95. The molecule has 0 unspecified atom stereocenters. The van der Waals surface area contributed by atoms with E-state index in [0.29, 0.717) is 30.1 Å². The number of nitrogens with zero attached hydrogens (tertiary/aromatic N) is 2. The number of rotatable bonds is 5. The SMILES string of the molecule is Cc1ccc(S(=O)(=O)N2C[C@H](C(=O)Nc3ccc(N4CCCC4=O)cc3)Oc3ccccc32)cc1. The van der Waals surface area contributed by atoms with Crippen molar-refractivity contribution in [1.82, 2.24) is 0 Å². The molecule has 0 saturated carbocycles. The fraction of sp³-hybridized carbons (Fsp3) is 0.231. The van der Waals surface area contributed by atoms with Gasteiger partial charge in [-0.05, 0) is 61.9 Å². The summed E-state index contributed by atoms with van der Waals surface area (Å²) in [5, 5.41) is 2.80. The van der Waals surface area contributed by atoms with Gasteiger partial charge in [-0.15, -0.1) is 0 Å². The molecule has 8 nitrogen and oxygen atoms in total. The molecule has 1 atom stereocenters. The van der Waals surface area contributed by atoms with Crippen LogP contribution in [0.5, 0.6) is 5.75 Å². The second kappa shape index (κ2) is 9.07. The summed E-state index contributed by atoms with van der Waals surface area (Å²) in [6, 6.07) is 20.4. The molecule has 0 radical (unpaired) electrons. The molecule has 1 fully saturated rings. The lowest BCUT2D eigenvalue weighted by atomic mass is 10.2. The molecule has 2 heterocycles. The van der Waals surface area contributed by atoms with E-state index in [9.17, 15) is 18.0 Å². The number of amides is 2. The number of anilines is 3. The average Bonchev–Trinajstić information content (AvgIpc) is 3.29. The van der Waals surface area contributed by atoms with Crippen molar-refractivity contribution in [3.05, 3.63) is 78.4 Å². The number of carbonyl (C=O) groups excluding carboxylic acids is 2. The van der Waals surface area contributed by atoms with Crippen LogP contribution < -0.4 is 19.3 Å². The summed E-state index contributed by atoms with van der Waals surface area (Å²) in [5.74, 6) is -0.0583. The molecule has 35 heavy (non-hydrogen) atoms. The zero-order valence-corrected chi connectivity index (χ0v) is 20.0. The van der Waals surface area contributed by atoms with Gasteiger partial charge in [0.05, 0.1) is 17.1 Å². The Kier molecular flexibility index (Phi) is 5.94. The third-order valence-electron chi connectivity index (χ3n) is 6.16. The van der Waals surface area contributed by atoms with Crippen LogP contribution in [0.3, 0.4) is 0 Å². The van der Waals surface area contributed by atoms with Crippen LogP contribution in [0.25, 0.3) is 0 Å². The zero-order valence-electron chi connectivity index (χ0n) is 19.2. The Bertz CT molecular complexity index is 1370. The number of para-hydroxylation sites is 2. The van der Waals surface area contributed by atoms with E-state index in [2.05, 4.69) is 5.32 Å². The molecular formula is C26H25N3O5S. The maximum Gasteiger partial charge on any atom is 0.267 e. The van der Waals surface area contributed by atoms with Crippen molar-refractivity contribution >= 4 is 38.9 Å². The summed E-state index contributed by atoms with van der Waals surface area (Å²) in [6.45, 7) is 2.40. The number of benzene rings is 3. The van der Waals surface area contributed by atoms with Gasteiger partial charge in [-0.3, -0.25) is 13.9 Å². The van der Waals surface area contributed by atoms with Crippen LogP contribution in [-0.4, -0.2) is 39.4 Å². The molecule has 2 aliphatic heterocycles. The van der Waals surface area contributed by atoms with E-state index in [1.165, 1.54) is 4.31 Å². The van der Waals surface area contributed by atoms with Gasteiger partial charge in [0.15, 0.2) is 6.10 Å². The first-order chi connectivity index (χ1) is 16.8. The molecule has 0 aliphatic carbocycles. The van der Waals surface area contributed by atoms with Crippen LogP contribution >= 0.6 is 0 Å². The molecular weight excluding hydrogens is 466 g/mol. The van der Waals surface area contributed by atoms with Gasteiger partial charge in [0.1, 0.15) is 5.75 Å². The van der Waals surface area contributed by atoms with Crippen molar-refractivity contribution < 1.29 is 22.7 Å². The van der Waals surface area contributed by atoms with Gasteiger partial charge >= 0.3 is 0 Å². The standard InChI is InChI=1S/C26H25N3O5S/c1-18-8-14-21(15-9-18)35(32,33)29-17-24(34-23-6-3-2-5-22(23)29)26(31)27-19-10-12-20(13-11-19)28-16-4-7-25(28)30/h2-3,5-6,8-15,24H,4,7,16-17H2,1H3,(H,27,31)/t24-/m1/s1. The Morgan fingerprint density at radius 1 is 1.00 bits per heavy atom. The summed E-state index contributed by atoms with van der Waals surface area (Å²) >= 11 is 0. The molecule has 180 valence electrons. The molecule has 1 N–H and O–H groups in total. The van der Waals surface area contributed by atoms with Gasteiger partial charge in [0.2, 0.25) is 5.91 Å². The smallest absolute Gasteiger partial charge is 0.267 e. The zero-order chi connectivity index (χ0) is 24.6. The summed E-state index contributed by atoms with van der Waals surface area (Å²) < 4.78 is 34.1. The van der Waals surface area contributed by atoms with Crippen LogP contribution in [0.1, 0.15) is 18.4 Å². The number of fused-ring (bicyclic) bond motifs is 1. The van der Waals surface area contributed by atoms with Gasteiger partial charge in [-0.25, -0.2) is 8.42 Å². The van der Waals surface area contributed by atoms with Gasteiger partial charge < -0.3 is 15.0 Å². The lowest BCUT2D eigenvalue weighted by molar-refractivity contribution is -0.122. The largest absolute Gasteiger partial charge is 0.476 e.